The van der Waals surface area contributed by atoms with Crippen molar-refractivity contribution in [2.45, 2.75) is 18.9 Å². The average molecular weight is 271 g/mol. The molecule has 0 saturated carbocycles. The molecular formula is C12H11N6O2+. The lowest BCUT2D eigenvalue weighted by molar-refractivity contribution is -0.395. The molecule has 0 unspecified atom stereocenters. The second kappa shape index (κ2) is 4.20. The van der Waals surface area contributed by atoms with Crippen molar-refractivity contribution in [3.63, 3.8) is 0 Å². The lowest BCUT2D eigenvalue weighted by atomic mass is 9.94. The van der Waals surface area contributed by atoms with Crippen LogP contribution in [-0.2, 0) is 12.8 Å². The first-order valence-electron chi connectivity index (χ1n) is 6.23. The third kappa shape index (κ3) is 1.77. The van der Waals surface area contributed by atoms with Gasteiger partial charge in [-0.2, -0.15) is 0 Å². The molecule has 3 aromatic rings. The normalized spacial score (nSPS) is 20.4. The molecule has 0 aliphatic heterocycles. The summed E-state index contributed by atoms with van der Waals surface area (Å²) in [4.78, 5) is 4.64. The summed E-state index contributed by atoms with van der Waals surface area (Å²) in [5, 5.41) is 15.3. The Labute approximate surface area is 112 Å². The Balaban J connectivity index is 1.72. The second-order valence-electron chi connectivity index (χ2n) is 4.78. The highest BCUT2D eigenvalue weighted by Crippen LogP contribution is 2.21. The van der Waals surface area contributed by atoms with Crippen molar-refractivity contribution in [1.29, 1.82) is 0 Å². The molecule has 8 heteroatoms. The fraction of sp³-hybridized carbons (Fsp3) is 0.250. The molecule has 2 aromatic heterocycles. The molecule has 1 aliphatic carbocycles. The number of quaternary nitrogens is 1. The molecule has 0 fully saturated rings. The van der Waals surface area contributed by atoms with E-state index in [9.17, 15) is 0 Å². The highest BCUT2D eigenvalue weighted by Gasteiger charge is 2.28. The zero-order valence-corrected chi connectivity index (χ0v) is 10.5. The molecule has 2 heterocycles. The van der Waals surface area contributed by atoms with Crippen molar-refractivity contribution in [3.05, 3.63) is 29.6 Å². The van der Waals surface area contributed by atoms with Crippen LogP contribution < -0.4 is 5.73 Å². The summed E-state index contributed by atoms with van der Waals surface area (Å²) in [5.41, 5.74) is 9.00. The molecule has 0 saturated heterocycles. The first-order valence-corrected chi connectivity index (χ1v) is 6.23. The summed E-state index contributed by atoms with van der Waals surface area (Å²) in [6, 6.07) is 5.61. The summed E-state index contributed by atoms with van der Waals surface area (Å²) in [6.45, 7) is 0. The molecule has 0 radical (unpaired) electrons. The SMILES string of the molecule is [NH3+][C@H]1Cc2nonc2CC1=Nc1ccc2nonc2c1. The smallest absolute Gasteiger partial charge is 0.137 e. The van der Waals surface area contributed by atoms with Crippen LogP contribution in [0.15, 0.2) is 32.4 Å². The molecule has 1 aromatic carbocycles. The predicted octanol–water partition coefficient (Wildman–Crippen LogP) is 0.0876. The monoisotopic (exact) mass is 271 g/mol. The topological polar surface area (TPSA) is 118 Å². The number of rotatable bonds is 1. The van der Waals surface area contributed by atoms with Crippen LogP contribution in [-0.4, -0.2) is 32.4 Å². The number of nitrogens with zero attached hydrogens (tertiary/aromatic N) is 5. The Morgan fingerprint density at radius 3 is 2.80 bits per heavy atom. The third-order valence-electron chi connectivity index (χ3n) is 3.40. The van der Waals surface area contributed by atoms with Crippen molar-refractivity contribution >= 4 is 22.4 Å². The van der Waals surface area contributed by atoms with Gasteiger partial charge in [-0.15, -0.1) is 0 Å². The van der Waals surface area contributed by atoms with E-state index in [1.807, 2.05) is 18.2 Å². The van der Waals surface area contributed by atoms with Gasteiger partial charge in [-0.3, -0.25) is 4.99 Å². The van der Waals surface area contributed by atoms with Gasteiger partial charge in [-0.1, -0.05) is 10.3 Å². The van der Waals surface area contributed by atoms with Gasteiger partial charge in [-0.25, -0.2) is 9.26 Å². The first-order chi connectivity index (χ1) is 9.79. The van der Waals surface area contributed by atoms with Crippen LogP contribution in [0.4, 0.5) is 5.69 Å². The van der Waals surface area contributed by atoms with E-state index in [0.29, 0.717) is 23.9 Å². The lowest BCUT2D eigenvalue weighted by Gasteiger charge is -2.15. The maximum Gasteiger partial charge on any atom is 0.137 e. The van der Waals surface area contributed by atoms with E-state index in [-0.39, 0.29) is 6.04 Å². The lowest BCUT2D eigenvalue weighted by Crippen LogP contribution is -2.67. The predicted molar refractivity (Wildman–Crippen MR) is 67.3 cm³/mol. The molecule has 8 nitrogen and oxygen atoms in total. The number of hydrogen-bond acceptors (Lipinski definition) is 7. The van der Waals surface area contributed by atoms with Crippen molar-refractivity contribution in [2.24, 2.45) is 4.99 Å². The quantitative estimate of drug-likeness (QED) is 0.670. The van der Waals surface area contributed by atoms with Crippen LogP contribution in [0.25, 0.3) is 11.0 Å². The van der Waals surface area contributed by atoms with Crippen molar-refractivity contribution in [2.75, 3.05) is 0 Å². The number of aliphatic imine (C=N–C) groups is 1. The molecule has 0 amide bonds. The molecule has 4 rings (SSSR count). The first kappa shape index (κ1) is 11.2. The van der Waals surface area contributed by atoms with Gasteiger partial charge < -0.3 is 5.73 Å². The summed E-state index contributed by atoms with van der Waals surface area (Å²) in [7, 11) is 0. The minimum atomic E-state index is 0.0699. The van der Waals surface area contributed by atoms with Gasteiger partial charge in [0.25, 0.3) is 0 Å². The van der Waals surface area contributed by atoms with E-state index >= 15 is 0 Å². The van der Waals surface area contributed by atoms with Crippen molar-refractivity contribution in [1.82, 2.24) is 20.6 Å². The van der Waals surface area contributed by atoms with Gasteiger partial charge in [0.05, 0.1) is 17.8 Å². The zero-order chi connectivity index (χ0) is 13.5. The number of fused-ring (bicyclic) bond motifs is 2. The average Bonchev–Trinajstić information content (AvgIpc) is 3.06. The van der Waals surface area contributed by atoms with Crippen LogP contribution in [0.3, 0.4) is 0 Å². The van der Waals surface area contributed by atoms with Gasteiger partial charge >= 0.3 is 0 Å². The highest BCUT2D eigenvalue weighted by molar-refractivity contribution is 5.94. The maximum absolute atomic E-state index is 4.75. The zero-order valence-electron chi connectivity index (χ0n) is 10.5. The largest absolute Gasteiger partial charge is 0.350 e. The Bertz CT molecular complexity index is 805. The summed E-state index contributed by atoms with van der Waals surface area (Å²) < 4.78 is 9.42. The molecule has 3 N–H and O–H groups in total. The van der Waals surface area contributed by atoms with Gasteiger partial charge in [0, 0.05) is 6.42 Å². The van der Waals surface area contributed by atoms with Crippen LogP contribution in [0.1, 0.15) is 11.4 Å². The summed E-state index contributed by atoms with van der Waals surface area (Å²) in [5.74, 6) is 0. The van der Waals surface area contributed by atoms with E-state index in [2.05, 4.69) is 36.0 Å². The fourth-order valence-electron chi connectivity index (χ4n) is 2.32. The van der Waals surface area contributed by atoms with Crippen molar-refractivity contribution in [3.8, 4) is 0 Å². The number of aromatic nitrogens is 4. The van der Waals surface area contributed by atoms with E-state index in [4.69, 9.17) is 4.63 Å². The Kier molecular flexibility index (Phi) is 2.36. The fourth-order valence-corrected chi connectivity index (χ4v) is 2.32. The van der Waals surface area contributed by atoms with E-state index < -0.39 is 0 Å². The van der Waals surface area contributed by atoms with Gasteiger partial charge in [0.1, 0.15) is 28.5 Å². The van der Waals surface area contributed by atoms with Crippen molar-refractivity contribution < 1.29 is 15.0 Å². The number of benzene rings is 1. The molecule has 0 spiro atoms. The number of hydrogen-bond donors (Lipinski definition) is 1. The van der Waals surface area contributed by atoms with Gasteiger partial charge in [0.15, 0.2) is 0 Å². The van der Waals surface area contributed by atoms with Crippen LogP contribution in [0, 0.1) is 0 Å². The van der Waals surface area contributed by atoms with Crippen LogP contribution in [0.5, 0.6) is 0 Å². The van der Waals surface area contributed by atoms with E-state index in [1.165, 1.54) is 0 Å². The second-order valence-corrected chi connectivity index (χ2v) is 4.78. The third-order valence-corrected chi connectivity index (χ3v) is 3.40. The Hall–Kier alpha value is -2.61. The Morgan fingerprint density at radius 1 is 1.05 bits per heavy atom. The standard InChI is InChI=1S/C12H10N6O2/c13-7-4-11-12(18-20-17-11)5-9(7)14-6-1-2-8-10(3-6)16-19-15-8/h1-3,7H,4-5,13H2/p+1/t7-/m0/s1. The minimum absolute atomic E-state index is 0.0699. The molecule has 1 atom stereocenters. The van der Waals surface area contributed by atoms with E-state index in [0.717, 1.165) is 22.8 Å². The van der Waals surface area contributed by atoms with Crippen LogP contribution >= 0.6 is 0 Å². The van der Waals surface area contributed by atoms with Gasteiger partial charge in [-0.05, 0) is 28.5 Å². The Morgan fingerprint density at radius 2 is 1.85 bits per heavy atom. The van der Waals surface area contributed by atoms with E-state index in [1.54, 1.807) is 0 Å². The highest BCUT2D eigenvalue weighted by atomic mass is 16.6. The van der Waals surface area contributed by atoms with Crippen LogP contribution in [0.2, 0.25) is 0 Å². The minimum Gasteiger partial charge on any atom is -0.350 e. The summed E-state index contributed by atoms with van der Waals surface area (Å²) >= 11 is 0. The molecular weight excluding hydrogens is 260 g/mol. The van der Waals surface area contributed by atoms with Gasteiger partial charge in [0.2, 0.25) is 0 Å². The molecule has 100 valence electrons. The summed E-state index contributed by atoms with van der Waals surface area (Å²) in [6.07, 6.45) is 1.31. The maximum atomic E-state index is 4.75. The molecule has 20 heavy (non-hydrogen) atoms. The molecule has 0 bridgehead atoms. The molecule has 1 aliphatic rings.